The second-order valence-electron chi connectivity index (χ2n) is 17.1. The number of amides is 2. The number of ether oxygens (including phenoxy) is 4. The Kier molecular flexibility index (Phi) is 5.25. The summed E-state index contributed by atoms with van der Waals surface area (Å²) in [6, 6.07) is 7.64. The standard InChI is InChI=1S/C41H39N3O8/c1-18-14-19-15-20-16-24(49-6)28-31(26(20)30(45)27(19)33(46)50-18)52-41-22-8-9-23-21(10-12-37(2,3)51-23)29(22)42-34(41)38(4,5)25-17-39-11-7-13-44(39)36(48)40(25,32(28)41)43-35(39)47/h8-10,12,15-16,18,25,32,45H,7,11,13-14,17H2,1-6H3,(H,43,47)/t18-,25+,32-,39+,40-,41-/m1/s1. The molecule has 1 aliphatic carbocycles. The molecule has 2 amide bonds. The zero-order valence-corrected chi connectivity index (χ0v) is 29.9. The normalized spacial score (nSPS) is 34.3. The average Bonchev–Trinajstić information content (AvgIpc) is 3.77. The number of aliphatic imine (C=N–C) groups is 1. The van der Waals surface area contributed by atoms with Gasteiger partial charge in [-0.15, -0.1) is 0 Å². The molecule has 52 heavy (non-hydrogen) atoms. The Morgan fingerprint density at radius 1 is 1.10 bits per heavy atom. The largest absolute Gasteiger partial charge is 0.506 e. The van der Waals surface area contributed by atoms with Crippen molar-refractivity contribution in [2.24, 2.45) is 16.3 Å². The molecular formula is C41H39N3O8. The first-order chi connectivity index (χ1) is 24.7. The molecule has 266 valence electrons. The Labute approximate surface area is 299 Å². The van der Waals surface area contributed by atoms with Crippen LogP contribution < -0.4 is 19.5 Å². The number of hydrogen-bond acceptors (Lipinski definition) is 9. The molecule has 9 aliphatic rings. The van der Waals surface area contributed by atoms with Gasteiger partial charge in [0.25, 0.3) is 0 Å². The van der Waals surface area contributed by atoms with Crippen LogP contribution in [0, 0.1) is 11.3 Å². The van der Waals surface area contributed by atoms with Crippen molar-refractivity contribution in [1.29, 1.82) is 0 Å². The fraction of sp³-hybridized carbons (Fsp3) is 0.463. The lowest BCUT2D eigenvalue weighted by molar-refractivity contribution is -0.187. The Morgan fingerprint density at radius 2 is 1.90 bits per heavy atom. The molecule has 1 saturated carbocycles. The van der Waals surface area contributed by atoms with Crippen LogP contribution in [0.1, 0.15) is 92.4 Å². The Hall–Kier alpha value is -5.06. The molecule has 11 heteroatoms. The van der Waals surface area contributed by atoms with Crippen molar-refractivity contribution in [3.63, 3.8) is 0 Å². The number of fused-ring (bicyclic) bond motifs is 9. The number of carbonyl (C=O) groups is 3. The fourth-order valence-corrected chi connectivity index (χ4v) is 11.7. The van der Waals surface area contributed by atoms with Crippen molar-refractivity contribution < 1.29 is 38.4 Å². The molecule has 5 fully saturated rings. The summed E-state index contributed by atoms with van der Waals surface area (Å²) in [5.41, 5.74) is -0.712. The molecular weight excluding hydrogens is 662 g/mol. The first kappa shape index (κ1) is 30.6. The van der Waals surface area contributed by atoms with E-state index >= 15 is 4.79 Å². The van der Waals surface area contributed by atoms with Crippen molar-refractivity contribution in [1.82, 2.24) is 10.2 Å². The number of hydrogen-bond donors (Lipinski definition) is 2. The third kappa shape index (κ3) is 3.11. The number of esters is 1. The number of benzene rings is 3. The van der Waals surface area contributed by atoms with Gasteiger partial charge in [0.1, 0.15) is 51.3 Å². The maximum absolute atomic E-state index is 15.4. The van der Waals surface area contributed by atoms with E-state index in [4.69, 9.17) is 23.9 Å². The third-order valence-electron chi connectivity index (χ3n) is 13.7. The van der Waals surface area contributed by atoms with E-state index in [0.717, 1.165) is 23.3 Å². The molecule has 12 rings (SSSR count). The monoisotopic (exact) mass is 701 g/mol. The summed E-state index contributed by atoms with van der Waals surface area (Å²) in [4.78, 5) is 50.6. The molecule has 8 aliphatic heterocycles. The van der Waals surface area contributed by atoms with E-state index in [9.17, 15) is 14.7 Å². The lowest BCUT2D eigenvalue weighted by Gasteiger charge is -2.68. The molecule has 2 N–H and O–H groups in total. The number of nitrogens with zero attached hydrogens (tertiary/aromatic N) is 2. The van der Waals surface area contributed by atoms with Gasteiger partial charge in [0.2, 0.25) is 11.8 Å². The molecule has 8 heterocycles. The molecule has 0 aromatic heterocycles. The average molecular weight is 702 g/mol. The van der Waals surface area contributed by atoms with Crippen molar-refractivity contribution >= 4 is 46.0 Å². The van der Waals surface area contributed by atoms with Crippen molar-refractivity contribution in [2.45, 2.75) is 94.6 Å². The number of rotatable bonds is 1. The Bertz CT molecular complexity index is 2380. The number of cyclic esters (lactones) is 1. The molecule has 2 bridgehead atoms. The van der Waals surface area contributed by atoms with Gasteiger partial charge in [0.15, 0.2) is 5.60 Å². The van der Waals surface area contributed by atoms with Gasteiger partial charge in [0.05, 0.1) is 29.8 Å². The van der Waals surface area contributed by atoms with Gasteiger partial charge in [-0.3, -0.25) is 14.6 Å². The van der Waals surface area contributed by atoms with Gasteiger partial charge < -0.3 is 34.3 Å². The number of nitrogens with one attached hydrogen (secondary N) is 1. The van der Waals surface area contributed by atoms with Crippen LogP contribution in [0.15, 0.2) is 35.3 Å². The number of methoxy groups -OCH3 is 1. The topological polar surface area (TPSA) is 136 Å². The number of phenols is 1. The van der Waals surface area contributed by atoms with Crippen LogP contribution in [0.2, 0.25) is 0 Å². The summed E-state index contributed by atoms with van der Waals surface area (Å²) in [5.74, 6) is -0.851. The van der Waals surface area contributed by atoms with Crippen LogP contribution in [0.4, 0.5) is 5.69 Å². The maximum Gasteiger partial charge on any atom is 0.342 e. The molecule has 3 aromatic carbocycles. The smallest absolute Gasteiger partial charge is 0.342 e. The lowest BCUT2D eigenvalue weighted by Crippen LogP contribution is -2.88. The second-order valence-corrected chi connectivity index (χ2v) is 17.1. The highest BCUT2D eigenvalue weighted by Gasteiger charge is 2.83. The molecule has 6 atom stereocenters. The molecule has 3 spiro atoms. The van der Waals surface area contributed by atoms with Gasteiger partial charge in [0, 0.05) is 41.0 Å². The van der Waals surface area contributed by atoms with E-state index in [2.05, 4.69) is 19.2 Å². The number of carbonyl (C=O) groups excluding carboxylic acids is 3. The highest BCUT2D eigenvalue weighted by molar-refractivity contribution is 6.16. The number of aromatic hydroxyl groups is 1. The van der Waals surface area contributed by atoms with E-state index in [1.54, 1.807) is 7.11 Å². The van der Waals surface area contributed by atoms with E-state index in [-0.39, 0.29) is 35.1 Å². The molecule has 4 saturated heterocycles. The van der Waals surface area contributed by atoms with Gasteiger partial charge in [-0.05, 0) is 87.4 Å². The second kappa shape index (κ2) is 8.93. The van der Waals surface area contributed by atoms with E-state index in [0.29, 0.717) is 70.6 Å². The number of phenolic OH excluding ortho intramolecular Hbond substituents is 1. The van der Waals surface area contributed by atoms with Crippen LogP contribution in [0.5, 0.6) is 23.0 Å². The van der Waals surface area contributed by atoms with Gasteiger partial charge in [-0.1, -0.05) is 13.8 Å². The molecule has 11 nitrogen and oxygen atoms in total. The third-order valence-corrected chi connectivity index (χ3v) is 13.7. The SMILES string of the molecule is COc1cc2cc3c(c(O)c2c2c1[C@@H]1[C@@]45NC(=O)[C@]6(CCCN6C4=O)C[C@H]5C(C)(C)C4=Nc5c(ccc6c5C=CC(C)(C)O6)[C@]41O2)C(=O)O[C@H](C)C3. The summed E-state index contributed by atoms with van der Waals surface area (Å²) in [6.45, 7) is 10.6. The first-order valence-corrected chi connectivity index (χ1v) is 18.3. The zero-order chi connectivity index (χ0) is 36.1. The van der Waals surface area contributed by atoms with Gasteiger partial charge in [-0.25, -0.2) is 4.79 Å². The van der Waals surface area contributed by atoms with Gasteiger partial charge in [-0.2, -0.15) is 0 Å². The summed E-state index contributed by atoms with van der Waals surface area (Å²) in [5, 5.41) is 16.5. The van der Waals surface area contributed by atoms with Crippen molar-refractivity contribution in [2.75, 3.05) is 13.7 Å². The van der Waals surface area contributed by atoms with E-state index in [1.165, 1.54) is 0 Å². The highest BCUT2D eigenvalue weighted by atomic mass is 16.5. The van der Waals surface area contributed by atoms with Crippen LogP contribution in [0.25, 0.3) is 16.8 Å². The van der Waals surface area contributed by atoms with Gasteiger partial charge >= 0.3 is 5.97 Å². The Morgan fingerprint density at radius 3 is 2.69 bits per heavy atom. The fourth-order valence-electron chi connectivity index (χ4n) is 11.7. The zero-order valence-electron chi connectivity index (χ0n) is 29.9. The number of piperidine rings is 2. The predicted octanol–water partition coefficient (Wildman–Crippen LogP) is 5.59. The first-order valence-electron chi connectivity index (χ1n) is 18.3. The minimum atomic E-state index is -1.44. The quantitative estimate of drug-likeness (QED) is 0.314. The minimum absolute atomic E-state index is 0.103. The minimum Gasteiger partial charge on any atom is -0.506 e. The van der Waals surface area contributed by atoms with Crippen LogP contribution in [-0.4, -0.2) is 69.9 Å². The summed E-state index contributed by atoms with van der Waals surface area (Å²) >= 11 is 0. The van der Waals surface area contributed by atoms with Crippen molar-refractivity contribution in [3.05, 3.63) is 58.2 Å². The number of piperazine rings is 1. The van der Waals surface area contributed by atoms with Crippen molar-refractivity contribution in [3.8, 4) is 23.0 Å². The van der Waals surface area contributed by atoms with Crippen LogP contribution in [-0.2, 0) is 26.3 Å². The van der Waals surface area contributed by atoms with Crippen LogP contribution in [0.3, 0.4) is 0 Å². The molecule has 0 unspecified atom stereocenters. The summed E-state index contributed by atoms with van der Waals surface area (Å²) in [6.07, 6.45) is 5.98. The highest BCUT2D eigenvalue weighted by Crippen LogP contribution is 2.74. The predicted molar refractivity (Wildman–Crippen MR) is 190 cm³/mol. The van der Waals surface area contributed by atoms with E-state index < -0.39 is 39.6 Å². The van der Waals surface area contributed by atoms with Crippen LogP contribution >= 0.6 is 0 Å². The summed E-state index contributed by atoms with van der Waals surface area (Å²) in [7, 11) is 1.58. The summed E-state index contributed by atoms with van der Waals surface area (Å²) < 4.78 is 25.7. The maximum atomic E-state index is 15.4. The Balaban J connectivity index is 1.27. The van der Waals surface area contributed by atoms with E-state index in [1.807, 2.05) is 62.1 Å². The lowest BCUT2D eigenvalue weighted by atomic mass is 9.43. The molecule has 3 aromatic rings. The molecule has 0 radical (unpaired) electrons.